The number of rotatable bonds is 1. The maximum atomic E-state index is 11.7. The maximum absolute atomic E-state index is 11.7. The molecular formula is C16H15NO2. The minimum atomic E-state index is -0.804. The Balaban J connectivity index is 2.14. The van der Waals surface area contributed by atoms with Crippen LogP contribution in [0.25, 0.3) is 10.9 Å². The van der Waals surface area contributed by atoms with E-state index in [2.05, 4.69) is 0 Å². The fourth-order valence-electron chi connectivity index (χ4n) is 3.86. The largest absolute Gasteiger partial charge is 0.478 e. The molecule has 3 heteroatoms. The minimum absolute atomic E-state index is 0.420. The molecule has 2 aliphatic rings. The number of hydrogen-bond donors (Lipinski definition) is 1. The van der Waals surface area contributed by atoms with E-state index in [1.54, 1.807) is 0 Å². The number of carboxylic acids is 1. The van der Waals surface area contributed by atoms with Crippen LogP contribution < -0.4 is 0 Å². The van der Waals surface area contributed by atoms with Gasteiger partial charge in [-0.1, -0.05) is 11.6 Å². The number of hydrogen-bond acceptors (Lipinski definition) is 2. The highest BCUT2D eigenvalue weighted by Crippen LogP contribution is 2.54. The van der Waals surface area contributed by atoms with Crippen LogP contribution in [0.1, 0.15) is 58.3 Å². The van der Waals surface area contributed by atoms with Crippen LogP contribution in [0.2, 0.25) is 0 Å². The predicted octanol–water partition coefficient (Wildman–Crippen LogP) is 3.61. The molecule has 2 aromatic rings. The van der Waals surface area contributed by atoms with Crippen molar-refractivity contribution < 1.29 is 9.90 Å². The monoisotopic (exact) mass is 253 g/mol. The first-order valence-corrected chi connectivity index (χ1v) is 6.82. The minimum Gasteiger partial charge on any atom is -0.478 e. The van der Waals surface area contributed by atoms with Crippen molar-refractivity contribution in [3.05, 3.63) is 40.6 Å². The zero-order valence-electron chi connectivity index (χ0n) is 10.8. The quantitative estimate of drug-likeness (QED) is 0.844. The van der Waals surface area contributed by atoms with Gasteiger partial charge >= 0.3 is 5.97 Å². The van der Waals surface area contributed by atoms with E-state index in [0.29, 0.717) is 17.4 Å². The Morgan fingerprint density at radius 3 is 2.89 bits per heavy atom. The first-order valence-electron chi connectivity index (χ1n) is 6.82. The standard InChI is InChI=1S/C16H15NO2/c1-8-2-5-12-11(6-8)14(16(18)19)13-9-3-4-10(7-9)15(13)17-12/h2,5-6,9-10H,3-4,7H2,1H3,(H,18,19). The molecule has 4 rings (SSSR count). The second-order valence-corrected chi connectivity index (χ2v) is 5.82. The van der Waals surface area contributed by atoms with Gasteiger partial charge in [-0.05, 0) is 49.8 Å². The molecular weight excluding hydrogens is 238 g/mol. The average molecular weight is 253 g/mol. The van der Waals surface area contributed by atoms with Crippen molar-refractivity contribution in [3.8, 4) is 0 Å². The maximum Gasteiger partial charge on any atom is 0.336 e. The molecule has 1 aromatic carbocycles. The van der Waals surface area contributed by atoms with Crippen LogP contribution in [-0.2, 0) is 0 Å². The van der Waals surface area contributed by atoms with E-state index < -0.39 is 5.97 Å². The molecule has 2 aliphatic carbocycles. The third kappa shape index (κ3) is 1.38. The highest BCUT2D eigenvalue weighted by atomic mass is 16.4. The lowest BCUT2D eigenvalue weighted by molar-refractivity contribution is 0.0697. The summed E-state index contributed by atoms with van der Waals surface area (Å²) in [7, 11) is 0. The molecule has 0 amide bonds. The van der Waals surface area contributed by atoms with Crippen LogP contribution in [0.3, 0.4) is 0 Å². The molecule has 2 bridgehead atoms. The van der Waals surface area contributed by atoms with Crippen molar-refractivity contribution in [2.75, 3.05) is 0 Å². The predicted molar refractivity (Wildman–Crippen MR) is 72.8 cm³/mol. The van der Waals surface area contributed by atoms with E-state index in [0.717, 1.165) is 40.6 Å². The summed E-state index contributed by atoms with van der Waals surface area (Å²) in [5.74, 6) is 0.106. The topological polar surface area (TPSA) is 50.2 Å². The molecule has 1 N–H and O–H groups in total. The number of benzene rings is 1. The van der Waals surface area contributed by atoms with Crippen molar-refractivity contribution in [2.24, 2.45) is 0 Å². The Morgan fingerprint density at radius 2 is 2.11 bits per heavy atom. The molecule has 1 saturated carbocycles. The van der Waals surface area contributed by atoms with Gasteiger partial charge in [-0.15, -0.1) is 0 Å². The van der Waals surface area contributed by atoms with Gasteiger partial charge in [0.25, 0.3) is 0 Å². The fraction of sp³-hybridized carbons (Fsp3) is 0.375. The lowest BCUT2D eigenvalue weighted by Gasteiger charge is -2.18. The SMILES string of the molecule is Cc1ccc2nc3c(c(C(=O)O)c2c1)C1CCC3C1. The van der Waals surface area contributed by atoms with Gasteiger partial charge in [0.15, 0.2) is 0 Å². The molecule has 2 atom stereocenters. The fourth-order valence-corrected chi connectivity index (χ4v) is 3.86. The molecule has 0 saturated heterocycles. The summed E-state index contributed by atoms with van der Waals surface area (Å²) in [5, 5.41) is 10.4. The second kappa shape index (κ2) is 3.56. The van der Waals surface area contributed by atoms with Gasteiger partial charge < -0.3 is 5.11 Å². The number of aromatic carboxylic acids is 1. The highest BCUT2D eigenvalue weighted by Gasteiger charge is 2.41. The van der Waals surface area contributed by atoms with Crippen LogP contribution in [0.15, 0.2) is 18.2 Å². The van der Waals surface area contributed by atoms with Crippen LogP contribution in [0, 0.1) is 6.92 Å². The number of nitrogens with zero attached hydrogens (tertiary/aromatic N) is 1. The molecule has 19 heavy (non-hydrogen) atoms. The van der Waals surface area contributed by atoms with Gasteiger partial charge in [-0.25, -0.2) is 4.79 Å². The van der Waals surface area contributed by atoms with Gasteiger partial charge in [-0.3, -0.25) is 4.98 Å². The molecule has 0 spiro atoms. The van der Waals surface area contributed by atoms with Crippen molar-refractivity contribution in [1.82, 2.24) is 4.98 Å². The Kier molecular flexibility index (Phi) is 2.06. The molecule has 96 valence electrons. The van der Waals surface area contributed by atoms with Gasteiger partial charge in [0, 0.05) is 17.0 Å². The molecule has 1 heterocycles. The van der Waals surface area contributed by atoms with Crippen LogP contribution >= 0.6 is 0 Å². The summed E-state index contributed by atoms with van der Waals surface area (Å²) in [6, 6.07) is 5.90. The van der Waals surface area contributed by atoms with E-state index >= 15 is 0 Å². The molecule has 3 nitrogen and oxygen atoms in total. The summed E-state index contributed by atoms with van der Waals surface area (Å²) >= 11 is 0. The van der Waals surface area contributed by atoms with Gasteiger partial charge in [-0.2, -0.15) is 0 Å². The number of carboxylic acid groups (broad SMARTS) is 1. The van der Waals surface area contributed by atoms with Crippen LogP contribution in [0.4, 0.5) is 0 Å². The third-order valence-electron chi connectivity index (χ3n) is 4.65. The van der Waals surface area contributed by atoms with Crippen molar-refractivity contribution >= 4 is 16.9 Å². The summed E-state index contributed by atoms with van der Waals surface area (Å²) in [6.45, 7) is 1.99. The molecule has 0 aliphatic heterocycles. The van der Waals surface area contributed by atoms with E-state index in [-0.39, 0.29) is 0 Å². The number of fused-ring (bicyclic) bond motifs is 6. The summed E-state index contributed by atoms with van der Waals surface area (Å²) in [6.07, 6.45) is 3.38. The van der Waals surface area contributed by atoms with Gasteiger partial charge in [0.05, 0.1) is 11.1 Å². The first kappa shape index (κ1) is 11.0. The average Bonchev–Trinajstić information content (AvgIpc) is 2.97. The lowest BCUT2D eigenvalue weighted by atomic mass is 9.89. The zero-order valence-corrected chi connectivity index (χ0v) is 10.8. The Labute approximate surface area is 111 Å². The third-order valence-corrected chi connectivity index (χ3v) is 4.65. The van der Waals surface area contributed by atoms with Crippen molar-refractivity contribution in [3.63, 3.8) is 0 Å². The number of carbonyl (C=O) groups is 1. The van der Waals surface area contributed by atoms with Gasteiger partial charge in [0.1, 0.15) is 0 Å². The second-order valence-electron chi connectivity index (χ2n) is 5.82. The number of aryl methyl sites for hydroxylation is 1. The van der Waals surface area contributed by atoms with Crippen molar-refractivity contribution in [1.29, 1.82) is 0 Å². The van der Waals surface area contributed by atoms with E-state index in [4.69, 9.17) is 4.98 Å². The first-order chi connectivity index (χ1) is 9.15. The van der Waals surface area contributed by atoms with E-state index in [9.17, 15) is 9.90 Å². The van der Waals surface area contributed by atoms with Crippen molar-refractivity contribution in [2.45, 2.75) is 38.0 Å². The molecule has 1 aromatic heterocycles. The summed E-state index contributed by atoms with van der Waals surface area (Å²) in [4.78, 5) is 16.5. The Hall–Kier alpha value is -1.90. The summed E-state index contributed by atoms with van der Waals surface area (Å²) < 4.78 is 0. The molecule has 1 fully saturated rings. The highest BCUT2D eigenvalue weighted by molar-refractivity contribution is 6.04. The van der Waals surface area contributed by atoms with Crippen LogP contribution in [-0.4, -0.2) is 16.1 Å². The van der Waals surface area contributed by atoms with E-state index in [1.807, 2.05) is 25.1 Å². The lowest BCUT2D eigenvalue weighted by Crippen LogP contribution is -2.11. The van der Waals surface area contributed by atoms with Gasteiger partial charge in [0.2, 0.25) is 0 Å². The Bertz CT molecular complexity index is 720. The molecule has 0 radical (unpaired) electrons. The number of aromatic nitrogens is 1. The smallest absolute Gasteiger partial charge is 0.336 e. The normalized spacial score (nSPS) is 23.8. The molecule has 2 unspecified atom stereocenters. The Morgan fingerprint density at radius 1 is 1.32 bits per heavy atom. The summed E-state index contributed by atoms with van der Waals surface area (Å²) in [5.41, 5.74) is 4.51. The van der Waals surface area contributed by atoms with E-state index in [1.165, 1.54) is 6.42 Å². The zero-order chi connectivity index (χ0) is 13.1. The number of pyridine rings is 1. The van der Waals surface area contributed by atoms with Crippen LogP contribution in [0.5, 0.6) is 0 Å².